The molecule has 1 heterocycles. The molecule has 1 aliphatic rings. The Morgan fingerprint density at radius 3 is 2.57 bits per heavy atom. The third-order valence-corrected chi connectivity index (χ3v) is 4.29. The molecule has 1 unspecified atom stereocenters. The molecule has 0 saturated carbocycles. The van der Waals surface area contributed by atoms with Gasteiger partial charge in [-0.15, -0.1) is 0 Å². The minimum absolute atomic E-state index is 0.0682. The smallest absolute Gasteiger partial charge is 0.275 e. The van der Waals surface area contributed by atoms with E-state index in [2.05, 4.69) is 10.6 Å². The van der Waals surface area contributed by atoms with Gasteiger partial charge < -0.3 is 25.0 Å². The van der Waals surface area contributed by atoms with E-state index in [9.17, 15) is 9.59 Å². The number of quaternary nitrogens is 1. The summed E-state index contributed by atoms with van der Waals surface area (Å²) in [7, 11) is 1.83. The maximum Gasteiger partial charge on any atom is 0.275 e. The molecule has 7 heteroatoms. The largest absolute Gasteiger partial charge is 0.494 e. The Morgan fingerprint density at radius 1 is 1.25 bits per heavy atom. The fourth-order valence-electron chi connectivity index (χ4n) is 3.24. The zero-order valence-corrected chi connectivity index (χ0v) is 17.9. The maximum atomic E-state index is 12.3. The second kappa shape index (κ2) is 9.28. The van der Waals surface area contributed by atoms with Crippen molar-refractivity contribution in [2.45, 2.75) is 59.2 Å². The van der Waals surface area contributed by atoms with Crippen LogP contribution in [0.1, 0.15) is 45.7 Å². The molecule has 0 aliphatic carbocycles. The summed E-state index contributed by atoms with van der Waals surface area (Å²) in [6.45, 7) is 11.2. The van der Waals surface area contributed by atoms with E-state index in [0.29, 0.717) is 13.2 Å². The fraction of sp³-hybridized carbons (Fsp3) is 0.619. The average Bonchev–Trinajstić information content (AvgIpc) is 2.89. The van der Waals surface area contributed by atoms with Crippen LogP contribution in [0, 0.1) is 0 Å². The molecular formula is C21H34N3O4+. The van der Waals surface area contributed by atoms with Crippen LogP contribution in [0.4, 0.5) is 0 Å². The number of nitrogens with one attached hydrogen (secondary N) is 3. The minimum atomic E-state index is -0.275. The van der Waals surface area contributed by atoms with E-state index in [1.54, 1.807) is 0 Å². The number of amides is 2. The Balaban J connectivity index is 1.90. The third kappa shape index (κ3) is 6.71. The molecule has 156 valence electrons. The van der Waals surface area contributed by atoms with Crippen molar-refractivity contribution in [2.24, 2.45) is 0 Å². The van der Waals surface area contributed by atoms with Gasteiger partial charge in [-0.25, -0.2) is 0 Å². The van der Waals surface area contributed by atoms with E-state index >= 15 is 0 Å². The van der Waals surface area contributed by atoms with Crippen molar-refractivity contribution in [2.75, 3.05) is 26.7 Å². The number of benzene rings is 1. The van der Waals surface area contributed by atoms with Crippen LogP contribution in [0.25, 0.3) is 0 Å². The normalized spacial score (nSPS) is 16.7. The fourth-order valence-corrected chi connectivity index (χ4v) is 3.24. The standard InChI is InChI=1S/C21H33N3O4/c1-7-27-17-9-15-8-14(2)28-18(15)10-16(17)11-22-19(25)12-24(6)13-20(26)23-21(3,4)5/h9-10,14H,7-8,11-13H2,1-6H3,(H,22,25)(H,23,26)/p+1/t14-/m1/s1. The third-order valence-electron chi connectivity index (χ3n) is 4.29. The lowest BCUT2D eigenvalue weighted by atomic mass is 10.1. The molecule has 1 aromatic carbocycles. The van der Waals surface area contributed by atoms with Gasteiger partial charge in [-0.05, 0) is 46.8 Å². The molecule has 0 bridgehead atoms. The number of carbonyl (C=O) groups excluding carboxylic acids is 2. The second-order valence-electron chi connectivity index (χ2n) is 8.52. The van der Waals surface area contributed by atoms with E-state index < -0.39 is 0 Å². The summed E-state index contributed by atoms with van der Waals surface area (Å²) < 4.78 is 11.6. The highest BCUT2D eigenvalue weighted by Gasteiger charge is 2.23. The number of likely N-dealkylation sites (N-methyl/N-ethyl adjacent to an activating group) is 1. The van der Waals surface area contributed by atoms with E-state index in [-0.39, 0.29) is 36.5 Å². The van der Waals surface area contributed by atoms with Gasteiger partial charge in [-0.3, -0.25) is 9.59 Å². The Kier molecular flexibility index (Phi) is 7.29. The molecule has 0 saturated heterocycles. The number of ether oxygens (including phenoxy) is 2. The molecule has 1 aliphatic heterocycles. The van der Waals surface area contributed by atoms with Crippen LogP contribution in [0.3, 0.4) is 0 Å². The van der Waals surface area contributed by atoms with Crippen LogP contribution in [0.2, 0.25) is 0 Å². The quantitative estimate of drug-likeness (QED) is 0.600. The van der Waals surface area contributed by atoms with Crippen molar-refractivity contribution in [3.63, 3.8) is 0 Å². The highest BCUT2D eigenvalue weighted by atomic mass is 16.5. The van der Waals surface area contributed by atoms with Crippen LogP contribution in [0.15, 0.2) is 12.1 Å². The van der Waals surface area contributed by atoms with Crippen molar-refractivity contribution >= 4 is 11.8 Å². The second-order valence-corrected chi connectivity index (χ2v) is 8.52. The first kappa shape index (κ1) is 22.0. The van der Waals surface area contributed by atoms with Crippen LogP contribution in [-0.2, 0) is 22.6 Å². The van der Waals surface area contributed by atoms with E-state index in [1.807, 2.05) is 53.8 Å². The Labute approximate surface area is 167 Å². The molecular weight excluding hydrogens is 358 g/mol. The van der Waals surface area contributed by atoms with Gasteiger partial charge >= 0.3 is 0 Å². The Hall–Kier alpha value is -2.28. The first-order chi connectivity index (χ1) is 13.1. The molecule has 0 radical (unpaired) electrons. The van der Waals surface area contributed by atoms with Gasteiger partial charge in [-0.1, -0.05) is 0 Å². The summed E-state index contributed by atoms with van der Waals surface area (Å²) in [5.41, 5.74) is 1.76. The van der Waals surface area contributed by atoms with Gasteiger partial charge in [0.2, 0.25) is 0 Å². The monoisotopic (exact) mass is 392 g/mol. The highest BCUT2D eigenvalue weighted by Crippen LogP contribution is 2.35. The van der Waals surface area contributed by atoms with Gasteiger partial charge in [0.15, 0.2) is 13.1 Å². The summed E-state index contributed by atoms with van der Waals surface area (Å²) >= 11 is 0. The number of rotatable bonds is 8. The molecule has 0 fully saturated rings. The summed E-state index contributed by atoms with van der Waals surface area (Å²) in [5, 5.41) is 5.83. The van der Waals surface area contributed by atoms with E-state index in [4.69, 9.17) is 9.47 Å². The zero-order valence-electron chi connectivity index (χ0n) is 17.9. The molecule has 2 rings (SSSR count). The summed E-state index contributed by atoms with van der Waals surface area (Å²) in [4.78, 5) is 25.1. The number of fused-ring (bicyclic) bond motifs is 1. The SMILES string of the molecule is CCOc1cc2c(cc1CNC(=O)C[NH+](C)CC(=O)NC(C)(C)C)O[C@H](C)C2. The molecule has 7 nitrogen and oxygen atoms in total. The topological polar surface area (TPSA) is 81.1 Å². The first-order valence-electron chi connectivity index (χ1n) is 9.91. The van der Waals surface area contributed by atoms with Gasteiger partial charge in [0.1, 0.15) is 17.6 Å². The molecule has 2 amide bonds. The molecule has 28 heavy (non-hydrogen) atoms. The van der Waals surface area contributed by atoms with E-state index in [0.717, 1.165) is 33.9 Å². The van der Waals surface area contributed by atoms with E-state index in [1.165, 1.54) is 0 Å². The number of carbonyl (C=O) groups is 2. The van der Waals surface area contributed by atoms with Gasteiger partial charge in [-0.2, -0.15) is 0 Å². The summed E-state index contributed by atoms with van der Waals surface area (Å²) in [5.74, 6) is 1.46. The van der Waals surface area contributed by atoms with Crippen LogP contribution in [0.5, 0.6) is 11.5 Å². The lowest BCUT2D eigenvalue weighted by molar-refractivity contribution is -0.862. The average molecular weight is 393 g/mol. The molecule has 0 spiro atoms. The first-order valence-corrected chi connectivity index (χ1v) is 9.91. The Bertz CT molecular complexity index is 712. The van der Waals surface area contributed by atoms with Crippen molar-refractivity contribution in [1.82, 2.24) is 10.6 Å². The minimum Gasteiger partial charge on any atom is -0.494 e. The predicted octanol–water partition coefficient (Wildman–Crippen LogP) is 0.454. The number of hydrogen-bond donors (Lipinski definition) is 3. The predicted molar refractivity (Wildman–Crippen MR) is 108 cm³/mol. The Morgan fingerprint density at radius 2 is 1.93 bits per heavy atom. The van der Waals surface area contributed by atoms with Crippen LogP contribution < -0.4 is 25.0 Å². The van der Waals surface area contributed by atoms with Crippen molar-refractivity contribution in [3.8, 4) is 11.5 Å². The summed E-state index contributed by atoms with van der Waals surface area (Å²) in [6.07, 6.45) is 1.03. The van der Waals surface area contributed by atoms with Crippen LogP contribution >= 0.6 is 0 Å². The molecule has 3 N–H and O–H groups in total. The van der Waals surface area contributed by atoms with Crippen molar-refractivity contribution < 1.29 is 24.0 Å². The van der Waals surface area contributed by atoms with Crippen LogP contribution in [-0.4, -0.2) is 50.2 Å². The van der Waals surface area contributed by atoms with Gasteiger partial charge in [0.25, 0.3) is 11.8 Å². The van der Waals surface area contributed by atoms with Crippen molar-refractivity contribution in [1.29, 1.82) is 0 Å². The summed E-state index contributed by atoms with van der Waals surface area (Å²) in [6, 6.07) is 3.97. The molecule has 0 aromatic heterocycles. The van der Waals surface area contributed by atoms with Crippen molar-refractivity contribution in [3.05, 3.63) is 23.3 Å². The lowest BCUT2D eigenvalue weighted by Crippen LogP contribution is -3.11. The van der Waals surface area contributed by atoms with Gasteiger partial charge in [0, 0.05) is 29.6 Å². The molecule has 1 aromatic rings. The lowest BCUT2D eigenvalue weighted by Gasteiger charge is -2.21. The van der Waals surface area contributed by atoms with Gasteiger partial charge in [0.05, 0.1) is 13.7 Å². The zero-order chi connectivity index (χ0) is 20.9. The number of hydrogen-bond acceptors (Lipinski definition) is 4. The highest BCUT2D eigenvalue weighted by molar-refractivity contribution is 5.79. The maximum absolute atomic E-state index is 12.3. The molecule has 2 atom stereocenters.